The monoisotopic (exact) mass is 655 g/mol. The molecule has 6 unspecified atom stereocenters. The lowest BCUT2D eigenvalue weighted by Crippen LogP contribution is -2.52. The van der Waals surface area contributed by atoms with Gasteiger partial charge in [0.15, 0.2) is 0 Å². The number of rotatable bonds is 5. The van der Waals surface area contributed by atoms with Gasteiger partial charge in [0, 0.05) is 71.1 Å². The molecule has 46 heavy (non-hydrogen) atoms. The summed E-state index contributed by atoms with van der Waals surface area (Å²) in [7, 11) is 0. The van der Waals surface area contributed by atoms with Gasteiger partial charge < -0.3 is 9.80 Å². The van der Waals surface area contributed by atoms with E-state index in [0.717, 1.165) is 85.3 Å². The van der Waals surface area contributed by atoms with Crippen LogP contribution in [0.3, 0.4) is 0 Å². The minimum atomic E-state index is -4.49. The summed E-state index contributed by atoms with van der Waals surface area (Å²) in [6.45, 7) is 8.42. The van der Waals surface area contributed by atoms with Gasteiger partial charge in [-0.1, -0.05) is 24.4 Å². The molecule has 2 aromatic heterocycles. The van der Waals surface area contributed by atoms with E-state index in [1.807, 2.05) is 29.3 Å². The van der Waals surface area contributed by atoms with Crippen molar-refractivity contribution in [1.82, 2.24) is 19.8 Å². The minimum Gasteiger partial charge on any atom is -0.353 e. The van der Waals surface area contributed by atoms with Crippen LogP contribution in [-0.4, -0.2) is 84.7 Å². The topological polar surface area (TPSA) is 62.5 Å². The Morgan fingerprint density at radius 2 is 1.48 bits per heavy atom. The number of anilines is 2. The van der Waals surface area contributed by atoms with Crippen molar-refractivity contribution >= 4 is 23.2 Å². The summed E-state index contributed by atoms with van der Waals surface area (Å²) in [5.41, 5.74) is -0.726. The Kier molecular flexibility index (Phi) is 9.37. The van der Waals surface area contributed by atoms with Gasteiger partial charge in [-0.05, 0) is 92.4 Å². The zero-order chi connectivity index (χ0) is 31.8. The number of fused-ring (bicyclic) bond motifs is 4. The van der Waals surface area contributed by atoms with Crippen molar-refractivity contribution in [3.8, 4) is 6.07 Å². The van der Waals surface area contributed by atoms with E-state index in [9.17, 15) is 18.4 Å². The van der Waals surface area contributed by atoms with Crippen molar-refractivity contribution in [3.05, 3.63) is 46.7 Å². The number of piperazine rings is 2. The van der Waals surface area contributed by atoms with E-state index in [1.54, 1.807) is 0 Å². The van der Waals surface area contributed by atoms with Crippen LogP contribution in [0.1, 0.15) is 62.6 Å². The maximum atomic E-state index is 13.0. The smallest absolute Gasteiger partial charge is 0.353 e. The second-order valence-corrected chi connectivity index (χ2v) is 14.9. The summed E-state index contributed by atoms with van der Waals surface area (Å²) in [5, 5.41) is 10.0. The molecule has 0 N–H and O–H groups in total. The van der Waals surface area contributed by atoms with Gasteiger partial charge in [-0.2, -0.15) is 18.4 Å². The normalized spacial score (nSPS) is 31.2. The molecule has 2 aromatic rings. The second kappa shape index (κ2) is 13.5. The van der Waals surface area contributed by atoms with E-state index >= 15 is 0 Å². The average Bonchev–Trinajstić information content (AvgIpc) is 3.89. The average molecular weight is 656 g/mol. The molecule has 0 radical (unpaired) electrons. The summed E-state index contributed by atoms with van der Waals surface area (Å²) in [5.74, 6) is 5.76. The van der Waals surface area contributed by atoms with Crippen LogP contribution in [0.15, 0.2) is 30.5 Å². The van der Waals surface area contributed by atoms with Crippen molar-refractivity contribution in [2.45, 2.75) is 63.6 Å². The molecule has 2 saturated heterocycles. The number of alkyl halides is 3. The van der Waals surface area contributed by atoms with E-state index < -0.39 is 11.9 Å². The van der Waals surface area contributed by atoms with Crippen LogP contribution in [0.5, 0.6) is 0 Å². The summed E-state index contributed by atoms with van der Waals surface area (Å²) in [4.78, 5) is 17.5. The van der Waals surface area contributed by atoms with Gasteiger partial charge in [0.25, 0.3) is 0 Å². The fourth-order valence-corrected chi connectivity index (χ4v) is 9.78. The quantitative estimate of drug-likeness (QED) is 0.361. The number of nitrogens with zero attached hydrogens (tertiary/aromatic N) is 7. The minimum absolute atomic E-state index is 0.168. The number of hydrogen-bond donors (Lipinski definition) is 0. The molecule has 4 aliphatic carbocycles. The Hall–Kier alpha value is -2.61. The standard InChI is InChI=1S/C19H23F3N4.C16H22ClN3/c20-19(21,22)17-4-3-15(11-23)18(24-17)26-7-5-25(6-8-26)12-16-10-13-1-2-14(16)9-13;17-14-2-1-5-18-16(14)20-8-6-19(7-9-20)15-11-12-3-4-13(15)10-12/h3-4,13-14,16H,1-2,5-10,12H2;1-2,5,12-13,15H,3-4,6-11H2. The molecule has 0 spiro atoms. The van der Waals surface area contributed by atoms with E-state index in [0.29, 0.717) is 13.1 Å². The molecule has 248 valence electrons. The van der Waals surface area contributed by atoms with Crippen LogP contribution < -0.4 is 9.80 Å². The molecule has 2 aliphatic heterocycles. The summed E-state index contributed by atoms with van der Waals surface area (Å²) in [6, 6.07) is 8.79. The molecular weight excluding hydrogens is 611 g/mol. The van der Waals surface area contributed by atoms with Crippen LogP contribution in [0.4, 0.5) is 24.8 Å². The van der Waals surface area contributed by atoms with E-state index in [-0.39, 0.29) is 11.4 Å². The number of halogens is 4. The van der Waals surface area contributed by atoms with Crippen LogP contribution >= 0.6 is 11.6 Å². The molecule has 6 fully saturated rings. The van der Waals surface area contributed by atoms with Crippen LogP contribution in [-0.2, 0) is 6.18 Å². The molecule has 0 aromatic carbocycles. The molecule has 6 aliphatic rings. The Balaban J connectivity index is 0.000000152. The van der Waals surface area contributed by atoms with Crippen molar-refractivity contribution in [2.75, 3.05) is 68.7 Å². The molecule has 7 nitrogen and oxygen atoms in total. The van der Waals surface area contributed by atoms with Crippen LogP contribution in [0.25, 0.3) is 0 Å². The third-order valence-electron chi connectivity index (χ3n) is 11.9. The number of hydrogen-bond acceptors (Lipinski definition) is 7. The second-order valence-electron chi connectivity index (χ2n) is 14.5. The Morgan fingerprint density at radius 1 is 0.804 bits per heavy atom. The summed E-state index contributed by atoms with van der Waals surface area (Å²) in [6.07, 6.45) is 8.76. The van der Waals surface area contributed by atoms with Crippen molar-refractivity contribution in [2.24, 2.45) is 29.6 Å². The van der Waals surface area contributed by atoms with Crippen LogP contribution in [0.2, 0.25) is 5.02 Å². The lowest BCUT2D eigenvalue weighted by atomic mass is 9.88. The van der Waals surface area contributed by atoms with Gasteiger partial charge in [0.05, 0.1) is 10.6 Å². The van der Waals surface area contributed by atoms with Gasteiger partial charge in [-0.15, -0.1) is 0 Å². The summed E-state index contributed by atoms with van der Waals surface area (Å²) < 4.78 is 38.9. The summed E-state index contributed by atoms with van der Waals surface area (Å²) >= 11 is 6.25. The van der Waals surface area contributed by atoms with Gasteiger partial charge >= 0.3 is 6.18 Å². The van der Waals surface area contributed by atoms with Gasteiger partial charge in [-0.25, -0.2) is 9.97 Å². The Labute approximate surface area is 275 Å². The molecule has 11 heteroatoms. The Morgan fingerprint density at radius 3 is 2.07 bits per heavy atom. The van der Waals surface area contributed by atoms with E-state index in [4.69, 9.17) is 11.6 Å². The third-order valence-corrected chi connectivity index (χ3v) is 12.2. The molecule has 4 heterocycles. The number of nitriles is 1. The van der Waals surface area contributed by atoms with Crippen molar-refractivity contribution < 1.29 is 13.2 Å². The molecule has 6 atom stereocenters. The molecule has 4 saturated carbocycles. The third kappa shape index (κ3) is 6.84. The highest BCUT2D eigenvalue weighted by molar-refractivity contribution is 6.32. The van der Waals surface area contributed by atoms with Crippen molar-refractivity contribution in [1.29, 1.82) is 5.26 Å². The largest absolute Gasteiger partial charge is 0.433 e. The first-order valence-corrected chi connectivity index (χ1v) is 17.7. The van der Waals surface area contributed by atoms with E-state index in [1.165, 1.54) is 70.5 Å². The SMILES string of the molecule is Clc1cccnc1N1CCN(C2CC3CCC2C3)CC1.N#Cc1ccc(C(F)(F)F)nc1N1CCN(CC2CC3CCC2C3)CC1. The predicted molar refractivity (Wildman–Crippen MR) is 174 cm³/mol. The van der Waals surface area contributed by atoms with Gasteiger partial charge in [0.1, 0.15) is 23.4 Å². The molecule has 0 amide bonds. The number of pyridine rings is 2. The first-order valence-electron chi connectivity index (χ1n) is 17.3. The Bertz CT molecular complexity index is 1400. The van der Waals surface area contributed by atoms with E-state index in [2.05, 4.69) is 24.7 Å². The van der Waals surface area contributed by atoms with Gasteiger partial charge in [0.2, 0.25) is 0 Å². The molecule has 4 bridgehead atoms. The van der Waals surface area contributed by atoms with Gasteiger partial charge in [-0.3, -0.25) is 9.80 Å². The maximum absolute atomic E-state index is 13.0. The van der Waals surface area contributed by atoms with Crippen molar-refractivity contribution in [3.63, 3.8) is 0 Å². The lowest BCUT2D eigenvalue weighted by Gasteiger charge is -2.41. The maximum Gasteiger partial charge on any atom is 0.433 e. The first-order chi connectivity index (χ1) is 22.2. The lowest BCUT2D eigenvalue weighted by molar-refractivity contribution is -0.141. The predicted octanol–water partition coefficient (Wildman–Crippen LogP) is 6.58. The molecular formula is C35H45ClF3N7. The first kappa shape index (κ1) is 32.0. The highest BCUT2D eigenvalue weighted by Crippen LogP contribution is 2.49. The zero-order valence-corrected chi connectivity index (χ0v) is 27.3. The zero-order valence-electron chi connectivity index (χ0n) is 26.5. The highest BCUT2D eigenvalue weighted by atomic mass is 35.5. The fraction of sp³-hybridized carbons (Fsp3) is 0.686. The molecule has 8 rings (SSSR count). The van der Waals surface area contributed by atoms with Crippen LogP contribution in [0, 0.1) is 40.9 Å². The highest BCUT2D eigenvalue weighted by Gasteiger charge is 2.43. The fourth-order valence-electron chi connectivity index (χ4n) is 9.54. The number of aromatic nitrogens is 2.